The third kappa shape index (κ3) is 9.87. The van der Waals surface area contributed by atoms with Gasteiger partial charge in [0.1, 0.15) is 35.7 Å². The molecule has 0 heterocycles. The molecule has 0 aromatic heterocycles. The van der Waals surface area contributed by atoms with Crippen molar-refractivity contribution >= 4 is 29.7 Å². The minimum Gasteiger partial charge on any atom is -0.493 e. The first-order chi connectivity index (χ1) is 21.2. The molecule has 11 nitrogen and oxygen atoms in total. The number of nitriles is 1. The summed E-state index contributed by atoms with van der Waals surface area (Å²) in [7, 11) is 0. The minimum absolute atomic E-state index is 0.108. The summed E-state index contributed by atoms with van der Waals surface area (Å²) < 4.78 is 20.4. The highest BCUT2D eigenvalue weighted by molar-refractivity contribution is 6.02. The molecule has 0 spiro atoms. The smallest absolute Gasteiger partial charge is 0.262 e. The van der Waals surface area contributed by atoms with E-state index in [2.05, 4.69) is 16.0 Å². The van der Waals surface area contributed by atoms with Gasteiger partial charge in [-0.25, -0.2) is 4.39 Å². The van der Waals surface area contributed by atoms with E-state index in [9.17, 15) is 33.9 Å². The van der Waals surface area contributed by atoms with Gasteiger partial charge in [-0.15, -0.1) is 0 Å². The second-order valence-electron chi connectivity index (χ2n) is 13.2. The van der Waals surface area contributed by atoms with Crippen molar-refractivity contribution in [1.29, 1.82) is 5.26 Å². The van der Waals surface area contributed by atoms with Crippen LogP contribution in [0.25, 0.3) is 6.08 Å². The molecule has 6 N–H and O–H groups in total. The van der Waals surface area contributed by atoms with Crippen LogP contribution in [0.15, 0.2) is 48.0 Å². The first-order valence-electron chi connectivity index (χ1n) is 14.7. The van der Waals surface area contributed by atoms with Gasteiger partial charge in [-0.3, -0.25) is 19.2 Å². The summed E-state index contributed by atoms with van der Waals surface area (Å²) in [5, 5.41) is 28.2. The Hall–Kier alpha value is -4.76. The Balaban J connectivity index is 2.45. The van der Waals surface area contributed by atoms with Gasteiger partial charge in [0, 0.05) is 23.1 Å². The molecule has 0 saturated carbocycles. The fourth-order valence-corrected chi connectivity index (χ4v) is 4.38. The average Bonchev–Trinajstić information content (AvgIpc) is 2.93. The summed E-state index contributed by atoms with van der Waals surface area (Å²) >= 11 is 0. The molecule has 0 aliphatic heterocycles. The lowest BCUT2D eigenvalue weighted by Crippen LogP contribution is -2.72. The zero-order chi connectivity index (χ0) is 35.0. The molecular weight excluding hydrogens is 593 g/mol. The summed E-state index contributed by atoms with van der Waals surface area (Å²) in [5.41, 5.74) is 3.16. The third-order valence-electron chi connectivity index (χ3n) is 7.06. The van der Waals surface area contributed by atoms with E-state index in [0.29, 0.717) is 11.1 Å². The lowest BCUT2D eigenvalue weighted by molar-refractivity contribution is -0.149. The van der Waals surface area contributed by atoms with Gasteiger partial charge in [0.2, 0.25) is 17.7 Å². The van der Waals surface area contributed by atoms with Gasteiger partial charge in [0.15, 0.2) is 5.54 Å². The Morgan fingerprint density at radius 2 is 1.65 bits per heavy atom. The first-order valence-corrected chi connectivity index (χ1v) is 14.7. The number of halogens is 1. The molecule has 46 heavy (non-hydrogen) atoms. The van der Waals surface area contributed by atoms with Crippen LogP contribution >= 0.6 is 0 Å². The quantitative estimate of drug-likeness (QED) is 0.175. The monoisotopic (exact) mass is 637 g/mol. The number of aliphatic hydroxyl groups is 1. The number of nitrogens with two attached hydrogens (primary N) is 1. The molecule has 2 unspecified atom stereocenters. The highest BCUT2D eigenvalue weighted by atomic mass is 19.1. The zero-order valence-corrected chi connectivity index (χ0v) is 27.6. The van der Waals surface area contributed by atoms with Crippen LogP contribution in [0.2, 0.25) is 0 Å². The number of aliphatic hydroxyl groups excluding tert-OH is 1. The van der Waals surface area contributed by atoms with Crippen molar-refractivity contribution in [2.24, 2.45) is 17.1 Å². The van der Waals surface area contributed by atoms with Gasteiger partial charge in [0.05, 0.1) is 6.10 Å². The maximum absolute atomic E-state index is 14.5. The van der Waals surface area contributed by atoms with E-state index < -0.39 is 64.6 Å². The van der Waals surface area contributed by atoms with Gasteiger partial charge in [-0.05, 0) is 70.0 Å². The van der Waals surface area contributed by atoms with E-state index in [-0.39, 0.29) is 23.4 Å². The van der Waals surface area contributed by atoms with Crippen molar-refractivity contribution in [2.75, 3.05) is 6.61 Å². The van der Waals surface area contributed by atoms with Crippen LogP contribution in [0, 0.1) is 35.4 Å². The van der Waals surface area contributed by atoms with E-state index in [1.165, 1.54) is 37.3 Å². The molecule has 2 aromatic rings. The Labute approximate surface area is 269 Å². The van der Waals surface area contributed by atoms with Crippen molar-refractivity contribution in [3.63, 3.8) is 0 Å². The second kappa shape index (κ2) is 15.0. The van der Waals surface area contributed by atoms with E-state index in [0.717, 1.165) is 0 Å². The molecular formula is C34H44FN5O6. The number of rotatable bonds is 12. The summed E-state index contributed by atoms with van der Waals surface area (Å²) in [5.74, 6) is -5.10. The van der Waals surface area contributed by atoms with Crippen LogP contribution in [-0.4, -0.2) is 52.5 Å². The molecule has 2 rings (SSSR count). The maximum Gasteiger partial charge on any atom is 0.262 e. The first kappa shape index (κ1) is 37.4. The summed E-state index contributed by atoms with van der Waals surface area (Å²) in [6, 6.07) is 12.6. The molecule has 12 heteroatoms. The number of hydrogen-bond donors (Lipinski definition) is 5. The van der Waals surface area contributed by atoms with Crippen LogP contribution in [-0.2, 0) is 25.7 Å². The SMILES string of the molecule is Cc1ccc(CNC(=O)[C@H](COc2ccc(C=C(C#N)C(=O)NC(C)(C)C)cc2)C(NC(=O)C(C)(C)C)(C(N)=O)C(C)O)c(F)c1. The standard InChI is InChI=1S/C34H44FN5O6/c1-20-9-12-23(27(35)15-20)18-38-29(43)26(34(21(2)41,30(37)44)40-31(45)32(3,4)5)19-46-25-13-10-22(11-14-25)16-24(17-36)28(42)39-33(6,7)8/h9-16,21,26,41H,18-19H2,1-8H3,(H2,37,44)(H,38,43)(H,39,42)(H,40,45)/t21?,26-,34?/m0/s1. The van der Waals surface area contributed by atoms with Crippen LogP contribution in [0.3, 0.4) is 0 Å². The molecule has 4 amide bonds. The van der Waals surface area contributed by atoms with Crippen LogP contribution in [0.4, 0.5) is 4.39 Å². The molecule has 0 saturated heterocycles. The fraction of sp³-hybridized carbons (Fsp3) is 0.441. The minimum atomic E-state index is -2.31. The van der Waals surface area contributed by atoms with Crippen LogP contribution in [0.5, 0.6) is 5.75 Å². The molecule has 0 aliphatic carbocycles. The van der Waals surface area contributed by atoms with Crippen molar-refractivity contribution < 1.29 is 33.4 Å². The number of nitrogens with zero attached hydrogens (tertiary/aromatic N) is 1. The number of nitrogens with one attached hydrogen (secondary N) is 3. The predicted octanol–water partition coefficient (Wildman–Crippen LogP) is 3.03. The molecule has 0 radical (unpaired) electrons. The van der Waals surface area contributed by atoms with Crippen LogP contribution < -0.4 is 26.4 Å². The molecule has 248 valence electrons. The van der Waals surface area contributed by atoms with Crippen molar-refractivity contribution in [1.82, 2.24) is 16.0 Å². The molecule has 0 aliphatic rings. The Kier molecular flexibility index (Phi) is 12.2. The van der Waals surface area contributed by atoms with Crippen molar-refractivity contribution in [3.8, 4) is 11.8 Å². The van der Waals surface area contributed by atoms with E-state index in [4.69, 9.17) is 10.5 Å². The highest BCUT2D eigenvalue weighted by Gasteiger charge is 2.54. The Bertz CT molecular complexity index is 1520. The number of benzene rings is 2. The van der Waals surface area contributed by atoms with E-state index in [1.807, 2.05) is 6.07 Å². The molecule has 0 bridgehead atoms. The molecule has 0 fully saturated rings. The number of amides is 4. The average molecular weight is 638 g/mol. The van der Waals surface area contributed by atoms with Gasteiger partial charge in [-0.1, -0.05) is 45.0 Å². The Morgan fingerprint density at radius 3 is 2.13 bits per heavy atom. The van der Waals surface area contributed by atoms with Gasteiger partial charge < -0.3 is 31.5 Å². The van der Waals surface area contributed by atoms with Gasteiger partial charge >= 0.3 is 0 Å². The zero-order valence-electron chi connectivity index (χ0n) is 27.6. The highest BCUT2D eigenvalue weighted by Crippen LogP contribution is 2.28. The Morgan fingerprint density at radius 1 is 1.04 bits per heavy atom. The second-order valence-corrected chi connectivity index (χ2v) is 13.2. The molecule has 3 atom stereocenters. The fourth-order valence-electron chi connectivity index (χ4n) is 4.38. The summed E-state index contributed by atoms with van der Waals surface area (Å²) in [6.07, 6.45) is -0.248. The maximum atomic E-state index is 14.5. The van der Waals surface area contributed by atoms with Crippen molar-refractivity contribution in [3.05, 3.63) is 70.5 Å². The predicted molar refractivity (Wildman–Crippen MR) is 171 cm³/mol. The largest absolute Gasteiger partial charge is 0.493 e. The number of carbonyl (C=O) groups is 4. The number of primary amides is 1. The lowest BCUT2D eigenvalue weighted by Gasteiger charge is -2.41. The van der Waals surface area contributed by atoms with E-state index >= 15 is 0 Å². The van der Waals surface area contributed by atoms with Gasteiger partial charge in [-0.2, -0.15) is 5.26 Å². The number of hydrogen-bond acceptors (Lipinski definition) is 7. The number of aryl methyl sites for hydroxylation is 1. The number of carbonyl (C=O) groups excluding carboxylic acids is 4. The number of ether oxygens (including phenoxy) is 1. The van der Waals surface area contributed by atoms with Crippen LogP contribution in [0.1, 0.15) is 65.2 Å². The summed E-state index contributed by atoms with van der Waals surface area (Å²) in [6.45, 7) is 12.3. The lowest BCUT2D eigenvalue weighted by atomic mass is 9.77. The summed E-state index contributed by atoms with van der Waals surface area (Å²) in [4.78, 5) is 52.3. The molecule has 2 aromatic carbocycles. The third-order valence-corrected chi connectivity index (χ3v) is 7.06. The normalized spacial score (nSPS) is 14.6. The topological polar surface area (TPSA) is 184 Å². The van der Waals surface area contributed by atoms with Crippen molar-refractivity contribution in [2.45, 2.75) is 79.1 Å². The van der Waals surface area contributed by atoms with E-state index in [1.54, 1.807) is 66.7 Å². The van der Waals surface area contributed by atoms with Gasteiger partial charge in [0.25, 0.3) is 5.91 Å².